The van der Waals surface area contributed by atoms with Gasteiger partial charge in [-0.15, -0.1) is 0 Å². The van der Waals surface area contributed by atoms with Crippen molar-refractivity contribution < 1.29 is 9.53 Å². The lowest BCUT2D eigenvalue weighted by atomic mass is 10.2. The molecule has 4 nitrogen and oxygen atoms in total. The number of hydrogen-bond acceptors (Lipinski definition) is 3. The van der Waals surface area contributed by atoms with Crippen molar-refractivity contribution in [2.24, 2.45) is 0 Å². The molecule has 0 atom stereocenters. The van der Waals surface area contributed by atoms with Gasteiger partial charge in [-0.2, -0.15) is 0 Å². The minimum absolute atomic E-state index is 0.197. The highest BCUT2D eigenvalue weighted by Crippen LogP contribution is 2.17. The van der Waals surface area contributed by atoms with Gasteiger partial charge in [-0.05, 0) is 28.4 Å². The Morgan fingerprint density at radius 2 is 2.33 bits per heavy atom. The summed E-state index contributed by atoms with van der Waals surface area (Å²) in [6.07, 6.45) is 3.69. The molecule has 1 N–H and O–H groups in total. The summed E-state index contributed by atoms with van der Waals surface area (Å²) in [5.41, 5.74) is 0.361. The van der Waals surface area contributed by atoms with Crippen molar-refractivity contribution >= 4 is 33.4 Å². The van der Waals surface area contributed by atoms with Gasteiger partial charge in [-0.1, -0.05) is 24.9 Å². The Labute approximate surface area is 120 Å². The SMILES string of the molecule is CCCCOCCNC(=O)c1cc(Br)cnc1Cl. The number of carbonyl (C=O) groups is 1. The lowest BCUT2D eigenvalue weighted by molar-refractivity contribution is 0.0912. The lowest BCUT2D eigenvalue weighted by Crippen LogP contribution is -2.27. The molecule has 0 unspecified atom stereocenters. The smallest absolute Gasteiger partial charge is 0.254 e. The van der Waals surface area contributed by atoms with E-state index in [1.54, 1.807) is 12.3 Å². The molecule has 6 heteroatoms. The summed E-state index contributed by atoms with van der Waals surface area (Å²) in [4.78, 5) is 15.7. The van der Waals surface area contributed by atoms with E-state index in [-0.39, 0.29) is 11.1 Å². The van der Waals surface area contributed by atoms with Crippen molar-refractivity contribution in [1.29, 1.82) is 0 Å². The largest absolute Gasteiger partial charge is 0.380 e. The average Bonchev–Trinajstić information content (AvgIpc) is 2.36. The molecule has 0 aliphatic heterocycles. The molecular formula is C12H16BrClN2O2. The van der Waals surface area contributed by atoms with E-state index < -0.39 is 0 Å². The van der Waals surface area contributed by atoms with Crippen LogP contribution in [-0.4, -0.2) is 30.6 Å². The first-order valence-electron chi connectivity index (χ1n) is 5.82. The summed E-state index contributed by atoms with van der Waals surface area (Å²) in [6.45, 7) is 3.80. The topological polar surface area (TPSA) is 51.2 Å². The first kappa shape index (κ1) is 15.4. The molecule has 1 heterocycles. The Bertz CT molecular complexity index is 402. The second-order valence-corrected chi connectivity index (χ2v) is 4.99. The third kappa shape index (κ3) is 5.33. The van der Waals surface area contributed by atoms with E-state index in [4.69, 9.17) is 16.3 Å². The maximum absolute atomic E-state index is 11.8. The highest BCUT2D eigenvalue weighted by atomic mass is 79.9. The summed E-state index contributed by atoms with van der Waals surface area (Å²) in [5, 5.41) is 2.93. The number of ether oxygens (including phenoxy) is 1. The van der Waals surface area contributed by atoms with Gasteiger partial charge in [-0.3, -0.25) is 4.79 Å². The van der Waals surface area contributed by atoms with Gasteiger partial charge >= 0.3 is 0 Å². The van der Waals surface area contributed by atoms with E-state index in [0.717, 1.165) is 23.9 Å². The van der Waals surface area contributed by atoms with Gasteiger partial charge in [0.05, 0.1) is 12.2 Å². The Balaban J connectivity index is 2.34. The highest BCUT2D eigenvalue weighted by Gasteiger charge is 2.11. The van der Waals surface area contributed by atoms with Gasteiger partial charge in [-0.25, -0.2) is 4.98 Å². The molecule has 0 aromatic carbocycles. The first-order valence-corrected chi connectivity index (χ1v) is 6.99. The van der Waals surface area contributed by atoms with Gasteiger partial charge < -0.3 is 10.1 Å². The van der Waals surface area contributed by atoms with Crippen LogP contribution < -0.4 is 5.32 Å². The number of carbonyl (C=O) groups excluding carboxylic acids is 1. The second kappa shape index (κ2) is 8.45. The van der Waals surface area contributed by atoms with Crippen molar-refractivity contribution in [1.82, 2.24) is 10.3 Å². The van der Waals surface area contributed by atoms with E-state index in [1.165, 1.54) is 0 Å². The number of aromatic nitrogens is 1. The van der Waals surface area contributed by atoms with E-state index in [9.17, 15) is 4.79 Å². The van der Waals surface area contributed by atoms with Crippen molar-refractivity contribution in [2.75, 3.05) is 19.8 Å². The molecule has 1 rings (SSSR count). The number of nitrogens with zero attached hydrogens (tertiary/aromatic N) is 1. The maximum atomic E-state index is 11.8. The first-order chi connectivity index (χ1) is 8.65. The fourth-order valence-corrected chi connectivity index (χ4v) is 1.78. The number of unbranched alkanes of at least 4 members (excludes halogenated alkanes) is 1. The van der Waals surface area contributed by atoms with Crippen LogP contribution in [0.1, 0.15) is 30.1 Å². The van der Waals surface area contributed by atoms with Crippen molar-refractivity contribution in [3.05, 3.63) is 27.5 Å². The Morgan fingerprint density at radius 3 is 3.06 bits per heavy atom. The van der Waals surface area contributed by atoms with Crippen LogP contribution >= 0.6 is 27.5 Å². The summed E-state index contributed by atoms with van der Waals surface area (Å²) >= 11 is 9.10. The van der Waals surface area contributed by atoms with Crippen LogP contribution in [-0.2, 0) is 4.74 Å². The molecule has 1 aromatic heterocycles. The summed E-state index contributed by atoms with van der Waals surface area (Å²) in [5.74, 6) is -0.243. The monoisotopic (exact) mass is 334 g/mol. The number of nitrogens with one attached hydrogen (secondary N) is 1. The standard InChI is InChI=1S/C12H16BrClN2O2/c1-2-3-5-18-6-4-15-12(17)10-7-9(13)8-16-11(10)14/h7-8H,2-6H2,1H3,(H,15,17). The normalized spacial score (nSPS) is 10.4. The van der Waals surface area contributed by atoms with Crippen LogP contribution in [0.3, 0.4) is 0 Å². The van der Waals surface area contributed by atoms with Crippen molar-refractivity contribution in [2.45, 2.75) is 19.8 Å². The molecule has 18 heavy (non-hydrogen) atoms. The molecule has 0 spiro atoms. The third-order valence-corrected chi connectivity index (χ3v) is 2.96. The fourth-order valence-electron chi connectivity index (χ4n) is 1.26. The summed E-state index contributed by atoms with van der Waals surface area (Å²) < 4.78 is 6.06. The fraction of sp³-hybridized carbons (Fsp3) is 0.500. The molecule has 0 bridgehead atoms. The molecular weight excluding hydrogens is 320 g/mol. The Hall–Kier alpha value is -0.650. The van der Waals surface area contributed by atoms with E-state index in [0.29, 0.717) is 18.7 Å². The molecule has 100 valence electrons. The van der Waals surface area contributed by atoms with E-state index >= 15 is 0 Å². The molecule has 1 amide bonds. The van der Waals surface area contributed by atoms with Crippen LogP contribution in [0.4, 0.5) is 0 Å². The molecule has 0 saturated heterocycles. The van der Waals surface area contributed by atoms with Crippen LogP contribution in [0.2, 0.25) is 5.15 Å². The van der Waals surface area contributed by atoms with Gasteiger partial charge in [0.1, 0.15) is 5.15 Å². The minimum atomic E-state index is -0.243. The zero-order valence-corrected chi connectivity index (χ0v) is 12.6. The predicted octanol–water partition coefficient (Wildman–Crippen LogP) is 3.04. The number of pyridine rings is 1. The molecule has 0 fully saturated rings. The van der Waals surface area contributed by atoms with Gasteiger partial charge in [0.15, 0.2) is 0 Å². The van der Waals surface area contributed by atoms with Crippen LogP contribution in [0.25, 0.3) is 0 Å². The number of amides is 1. The lowest BCUT2D eigenvalue weighted by Gasteiger charge is -2.07. The zero-order chi connectivity index (χ0) is 13.4. The number of hydrogen-bond donors (Lipinski definition) is 1. The second-order valence-electron chi connectivity index (χ2n) is 3.71. The Kier molecular flexibility index (Phi) is 7.23. The zero-order valence-electron chi connectivity index (χ0n) is 10.2. The minimum Gasteiger partial charge on any atom is -0.380 e. The molecule has 0 aliphatic rings. The predicted molar refractivity (Wildman–Crippen MR) is 75.0 cm³/mol. The summed E-state index contributed by atoms with van der Waals surface area (Å²) in [6, 6.07) is 1.64. The molecule has 0 radical (unpaired) electrons. The van der Waals surface area contributed by atoms with Gasteiger partial charge in [0, 0.05) is 23.8 Å². The number of halogens is 2. The molecule has 0 aliphatic carbocycles. The average molecular weight is 336 g/mol. The van der Waals surface area contributed by atoms with Crippen molar-refractivity contribution in [3.8, 4) is 0 Å². The van der Waals surface area contributed by atoms with Crippen LogP contribution in [0, 0.1) is 0 Å². The maximum Gasteiger partial charge on any atom is 0.254 e. The molecule has 1 aromatic rings. The van der Waals surface area contributed by atoms with E-state index in [1.807, 2.05) is 0 Å². The molecule has 0 saturated carbocycles. The van der Waals surface area contributed by atoms with Crippen LogP contribution in [0.15, 0.2) is 16.7 Å². The highest BCUT2D eigenvalue weighted by molar-refractivity contribution is 9.10. The Morgan fingerprint density at radius 1 is 1.56 bits per heavy atom. The summed E-state index contributed by atoms with van der Waals surface area (Å²) in [7, 11) is 0. The van der Waals surface area contributed by atoms with Crippen LogP contribution in [0.5, 0.6) is 0 Å². The van der Waals surface area contributed by atoms with Crippen molar-refractivity contribution in [3.63, 3.8) is 0 Å². The number of rotatable bonds is 7. The third-order valence-electron chi connectivity index (χ3n) is 2.22. The van der Waals surface area contributed by atoms with Gasteiger partial charge in [0.2, 0.25) is 0 Å². The van der Waals surface area contributed by atoms with E-state index in [2.05, 4.69) is 33.2 Å². The quantitative estimate of drug-likeness (QED) is 0.615. The van der Waals surface area contributed by atoms with Gasteiger partial charge in [0.25, 0.3) is 5.91 Å².